The third-order valence-corrected chi connectivity index (χ3v) is 6.67. The Kier molecular flexibility index (Phi) is 7.53. The van der Waals surface area contributed by atoms with E-state index >= 15 is 0 Å². The zero-order valence-electron chi connectivity index (χ0n) is 15.8. The number of anilines is 1. The van der Waals surface area contributed by atoms with Gasteiger partial charge in [-0.3, -0.25) is 20.2 Å². The average Bonchev–Trinajstić information content (AvgIpc) is 3.15. The van der Waals surface area contributed by atoms with Crippen molar-refractivity contribution in [3.8, 4) is 0 Å². The number of hydrogen-bond donors (Lipinski definition) is 1. The van der Waals surface area contributed by atoms with Crippen molar-refractivity contribution in [2.24, 2.45) is 0 Å². The second kappa shape index (κ2) is 9.69. The van der Waals surface area contributed by atoms with Crippen LogP contribution in [0.2, 0.25) is 0 Å². The average molecular weight is 460 g/mol. The van der Waals surface area contributed by atoms with Gasteiger partial charge in [0, 0.05) is 13.1 Å². The summed E-state index contributed by atoms with van der Waals surface area (Å²) < 4.78 is 45.0. The number of nitro groups is 1. The molecule has 1 heterocycles. The summed E-state index contributed by atoms with van der Waals surface area (Å²) in [5.41, 5.74) is -0.264. The molecule has 0 unspecified atom stereocenters. The Morgan fingerprint density at radius 3 is 2.57 bits per heavy atom. The van der Waals surface area contributed by atoms with Gasteiger partial charge in [-0.25, -0.2) is 22.6 Å². The number of nitrogens with one attached hydrogen (secondary N) is 1. The highest BCUT2D eigenvalue weighted by Gasteiger charge is 2.27. The summed E-state index contributed by atoms with van der Waals surface area (Å²) in [5, 5.41) is 12.5. The number of carbonyl (C=O) groups excluding carboxylic acids is 2. The largest absolute Gasteiger partial charge is 0.452 e. The molecule has 11 nitrogen and oxygen atoms in total. The van der Waals surface area contributed by atoms with Gasteiger partial charge in [0.25, 0.3) is 5.91 Å². The number of rotatable bonds is 9. The van der Waals surface area contributed by atoms with Crippen molar-refractivity contribution in [3.63, 3.8) is 0 Å². The number of halogens is 1. The van der Waals surface area contributed by atoms with Crippen LogP contribution >= 0.6 is 11.3 Å². The molecular formula is C16H17FN4O7S2. The van der Waals surface area contributed by atoms with Crippen molar-refractivity contribution in [1.82, 2.24) is 9.29 Å². The van der Waals surface area contributed by atoms with Gasteiger partial charge in [-0.1, -0.05) is 13.8 Å². The second-order valence-electron chi connectivity index (χ2n) is 5.62. The molecule has 1 amide bonds. The van der Waals surface area contributed by atoms with Crippen LogP contribution < -0.4 is 5.32 Å². The topological polar surface area (TPSA) is 149 Å². The third-order valence-electron chi connectivity index (χ3n) is 3.74. The maximum absolute atomic E-state index is 14.1. The molecule has 0 aliphatic carbocycles. The monoisotopic (exact) mass is 460 g/mol. The van der Waals surface area contributed by atoms with Gasteiger partial charge < -0.3 is 4.74 Å². The number of carbonyl (C=O) groups is 2. The Hall–Kier alpha value is -2.97. The standard InChI is InChI=1S/C16H17FN4O7S2/c1-3-20(4-2)30(26,27)12-7-10(5-6-11(12)17)15(23)28-9-13(22)19-16-18-8-14(29-16)21(24)25/h5-8H,3-4,9H2,1-2H3,(H,18,19,22). The Labute approximate surface area is 174 Å². The normalized spacial score (nSPS) is 11.3. The molecule has 0 aliphatic rings. The van der Waals surface area contributed by atoms with Gasteiger partial charge in [-0.05, 0) is 29.5 Å². The molecule has 162 valence electrons. The first kappa shape index (κ1) is 23.3. The first-order valence-corrected chi connectivity index (χ1v) is 10.7. The van der Waals surface area contributed by atoms with Crippen LogP contribution in [0.4, 0.5) is 14.5 Å². The Morgan fingerprint density at radius 1 is 1.33 bits per heavy atom. The van der Waals surface area contributed by atoms with E-state index in [1.165, 1.54) is 0 Å². The van der Waals surface area contributed by atoms with Crippen molar-refractivity contribution in [1.29, 1.82) is 0 Å². The van der Waals surface area contributed by atoms with Gasteiger partial charge in [-0.2, -0.15) is 4.31 Å². The first-order chi connectivity index (χ1) is 14.1. The summed E-state index contributed by atoms with van der Waals surface area (Å²) in [4.78, 5) is 36.9. The maximum atomic E-state index is 14.1. The van der Waals surface area contributed by atoms with E-state index in [4.69, 9.17) is 4.74 Å². The molecule has 30 heavy (non-hydrogen) atoms. The molecular weight excluding hydrogens is 443 g/mol. The summed E-state index contributed by atoms with van der Waals surface area (Å²) in [7, 11) is -4.16. The van der Waals surface area contributed by atoms with Gasteiger partial charge >= 0.3 is 11.0 Å². The summed E-state index contributed by atoms with van der Waals surface area (Å²) in [6.07, 6.45) is 0.961. The molecule has 0 radical (unpaired) electrons. The summed E-state index contributed by atoms with van der Waals surface area (Å²) >= 11 is 0.617. The summed E-state index contributed by atoms with van der Waals surface area (Å²) in [6, 6.07) is 2.69. The molecule has 14 heteroatoms. The highest BCUT2D eigenvalue weighted by molar-refractivity contribution is 7.89. The van der Waals surface area contributed by atoms with E-state index in [0.717, 1.165) is 28.7 Å². The molecule has 1 N–H and O–H groups in total. The minimum absolute atomic E-state index is 0.0582. The van der Waals surface area contributed by atoms with E-state index in [1.54, 1.807) is 13.8 Å². The molecule has 1 aromatic carbocycles. The van der Waals surface area contributed by atoms with Crippen LogP contribution in [0.3, 0.4) is 0 Å². The lowest BCUT2D eigenvalue weighted by atomic mass is 10.2. The fourth-order valence-electron chi connectivity index (χ4n) is 2.31. The second-order valence-corrected chi connectivity index (χ2v) is 8.54. The van der Waals surface area contributed by atoms with Crippen LogP contribution in [0, 0.1) is 15.9 Å². The summed E-state index contributed by atoms with van der Waals surface area (Å²) in [5.74, 6) is -2.89. The number of sulfonamides is 1. The number of nitrogens with zero attached hydrogens (tertiary/aromatic N) is 3. The van der Waals surface area contributed by atoms with Crippen molar-refractivity contribution in [2.75, 3.05) is 25.0 Å². The molecule has 1 aromatic heterocycles. The Morgan fingerprint density at radius 2 is 2.00 bits per heavy atom. The molecule has 0 bridgehead atoms. The summed E-state index contributed by atoms with van der Waals surface area (Å²) in [6.45, 7) is 2.64. The lowest BCUT2D eigenvalue weighted by Crippen LogP contribution is -2.31. The van der Waals surface area contributed by atoms with E-state index in [1.807, 2.05) is 0 Å². The highest BCUT2D eigenvalue weighted by Crippen LogP contribution is 2.25. The Bertz CT molecular complexity index is 1070. The number of ether oxygens (including phenoxy) is 1. The minimum Gasteiger partial charge on any atom is -0.452 e. The van der Waals surface area contributed by atoms with Gasteiger partial charge in [0.1, 0.15) is 16.9 Å². The van der Waals surface area contributed by atoms with Crippen LogP contribution in [0.1, 0.15) is 24.2 Å². The number of hydrogen-bond acceptors (Lipinski definition) is 9. The van der Waals surface area contributed by atoms with Crippen molar-refractivity contribution < 1.29 is 32.1 Å². The molecule has 0 fully saturated rings. The molecule has 0 aliphatic heterocycles. The van der Waals surface area contributed by atoms with E-state index < -0.39 is 44.1 Å². The number of benzene rings is 1. The van der Waals surface area contributed by atoms with Crippen LogP contribution in [0.15, 0.2) is 29.3 Å². The van der Waals surface area contributed by atoms with Crippen LogP contribution in [-0.4, -0.2) is 54.2 Å². The molecule has 0 atom stereocenters. The highest BCUT2D eigenvalue weighted by atomic mass is 32.2. The molecule has 2 rings (SSSR count). The SMILES string of the molecule is CCN(CC)S(=O)(=O)c1cc(C(=O)OCC(=O)Nc2ncc([N+](=O)[O-])s2)ccc1F. The third kappa shape index (κ3) is 5.34. The minimum atomic E-state index is -4.16. The van der Waals surface area contributed by atoms with E-state index in [9.17, 15) is 32.5 Å². The zero-order chi connectivity index (χ0) is 22.5. The fraction of sp³-hybridized carbons (Fsp3) is 0.312. The Balaban J connectivity index is 2.08. The fourth-order valence-corrected chi connectivity index (χ4v) is 4.50. The quantitative estimate of drug-likeness (QED) is 0.339. The zero-order valence-corrected chi connectivity index (χ0v) is 17.5. The number of thiazole rings is 1. The molecule has 0 saturated carbocycles. The van der Waals surface area contributed by atoms with Crippen molar-refractivity contribution >= 4 is 43.4 Å². The van der Waals surface area contributed by atoms with E-state index in [2.05, 4.69) is 10.3 Å². The van der Waals surface area contributed by atoms with Crippen LogP contribution in [-0.2, 0) is 19.6 Å². The predicted octanol–water partition coefficient (Wildman–Crippen LogP) is 2.02. The number of aromatic nitrogens is 1. The van der Waals surface area contributed by atoms with Crippen molar-refractivity contribution in [3.05, 3.63) is 45.9 Å². The van der Waals surface area contributed by atoms with Crippen molar-refractivity contribution in [2.45, 2.75) is 18.7 Å². The van der Waals surface area contributed by atoms with Gasteiger partial charge in [-0.15, -0.1) is 0 Å². The maximum Gasteiger partial charge on any atom is 0.345 e. The molecule has 0 spiro atoms. The van der Waals surface area contributed by atoms with Crippen LogP contribution in [0.5, 0.6) is 0 Å². The number of amides is 1. The van der Waals surface area contributed by atoms with Gasteiger partial charge in [0.05, 0.1) is 10.5 Å². The lowest BCUT2D eigenvalue weighted by molar-refractivity contribution is -0.380. The predicted molar refractivity (Wildman–Crippen MR) is 104 cm³/mol. The van der Waals surface area contributed by atoms with Gasteiger partial charge in [0.15, 0.2) is 11.7 Å². The molecule has 2 aromatic rings. The van der Waals surface area contributed by atoms with Gasteiger partial charge in [0.2, 0.25) is 10.0 Å². The lowest BCUT2D eigenvalue weighted by Gasteiger charge is -2.19. The first-order valence-electron chi connectivity index (χ1n) is 8.47. The van der Waals surface area contributed by atoms with E-state index in [0.29, 0.717) is 11.3 Å². The van der Waals surface area contributed by atoms with E-state index in [-0.39, 0.29) is 28.8 Å². The number of esters is 1. The molecule has 0 saturated heterocycles. The smallest absolute Gasteiger partial charge is 0.345 e. The van der Waals surface area contributed by atoms with Crippen LogP contribution in [0.25, 0.3) is 0 Å².